The highest BCUT2D eigenvalue weighted by molar-refractivity contribution is 5.94. The molecule has 2 bridgehead atoms. The van der Waals surface area contributed by atoms with Crippen molar-refractivity contribution in [2.75, 3.05) is 13.1 Å². The van der Waals surface area contributed by atoms with Gasteiger partial charge in [-0.15, -0.1) is 0 Å². The third-order valence-corrected chi connectivity index (χ3v) is 6.14. The Morgan fingerprint density at radius 2 is 1.76 bits per heavy atom. The molecule has 2 amide bonds. The number of hydrogen-bond acceptors (Lipinski definition) is 3. The highest BCUT2D eigenvalue weighted by Crippen LogP contribution is 2.30. The predicted molar refractivity (Wildman–Crippen MR) is 114 cm³/mol. The summed E-state index contributed by atoms with van der Waals surface area (Å²) in [5, 5.41) is 6.55. The van der Waals surface area contributed by atoms with Gasteiger partial charge in [-0.3, -0.25) is 9.59 Å². The molecule has 2 aromatic rings. The molecule has 0 aliphatic carbocycles. The molecule has 2 saturated heterocycles. The molecule has 0 radical (unpaired) electrons. The zero-order valence-electron chi connectivity index (χ0n) is 16.9. The van der Waals surface area contributed by atoms with Crippen molar-refractivity contribution in [1.82, 2.24) is 15.5 Å². The van der Waals surface area contributed by atoms with Gasteiger partial charge in [0.15, 0.2) is 0 Å². The molecule has 2 N–H and O–H groups in total. The second kappa shape index (κ2) is 8.78. The number of nitrogens with zero attached hydrogens (tertiary/aromatic N) is 1. The number of rotatable bonds is 5. The number of amides is 2. The van der Waals surface area contributed by atoms with Crippen molar-refractivity contribution >= 4 is 11.8 Å². The van der Waals surface area contributed by atoms with Gasteiger partial charge in [0.25, 0.3) is 5.91 Å². The van der Waals surface area contributed by atoms with Crippen LogP contribution in [0.15, 0.2) is 54.6 Å². The van der Waals surface area contributed by atoms with Crippen molar-refractivity contribution in [1.29, 1.82) is 0 Å². The van der Waals surface area contributed by atoms with Gasteiger partial charge in [-0.1, -0.05) is 48.0 Å². The lowest BCUT2D eigenvalue weighted by Crippen LogP contribution is -2.44. The zero-order valence-corrected chi connectivity index (χ0v) is 16.9. The summed E-state index contributed by atoms with van der Waals surface area (Å²) in [6.07, 6.45) is 3.45. The molecule has 152 valence electrons. The molecule has 2 aromatic carbocycles. The van der Waals surface area contributed by atoms with Gasteiger partial charge < -0.3 is 15.5 Å². The van der Waals surface area contributed by atoms with E-state index in [1.807, 2.05) is 61.5 Å². The molecule has 5 nitrogen and oxygen atoms in total. The standard InChI is InChI=1S/C24H29N3O2/c1-17-7-9-19(10-8-17)24(29)26-22(18-5-3-2-4-6-18)15-23(28)27-20-11-12-21(27)16-25-14-13-20/h2-10,20-22,25H,11-16H2,1H3,(H,26,29). The van der Waals surface area contributed by atoms with E-state index in [2.05, 4.69) is 15.5 Å². The maximum atomic E-state index is 13.3. The lowest BCUT2D eigenvalue weighted by molar-refractivity contribution is -0.134. The molecule has 2 aliphatic rings. The molecule has 29 heavy (non-hydrogen) atoms. The highest BCUT2D eigenvalue weighted by atomic mass is 16.2. The number of nitrogens with one attached hydrogen (secondary N) is 2. The molecule has 3 unspecified atom stereocenters. The average molecular weight is 392 g/mol. The Kier molecular flexibility index (Phi) is 5.95. The van der Waals surface area contributed by atoms with Crippen LogP contribution < -0.4 is 10.6 Å². The van der Waals surface area contributed by atoms with Crippen LogP contribution in [0, 0.1) is 6.92 Å². The van der Waals surface area contributed by atoms with Gasteiger partial charge in [-0.05, 0) is 50.4 Å². The van der Waals surface area contributed by atoms with Crippen LogP contribution in [0.2, 0.25) is 0 Å². The van der Waals surface area contributed by atoms with Gasteiger partial charge in [0.1, 0.15) is 0 Å². The van der Waals surface area contributed by atoms with Crippen LogP contribution in [0.3, 0.4) is 0 Å². The van der Waals surface area contributed by atoms with Gasteiger partial charge in [0.05, 0.1) is 12.5 Å². The summed E-state index contributed by atoms with van der Waals surface area (Å²) in [7, 11) is 0. The Bertz CT molecular complexity index is 836. The molecule has 0 spiro atoms. The van der Waals surface area contributed by atoms with Crippen LogP contribution in [0.25, 0.3) is 0 Å². The number of aryl methyl sites for hydroxylation is 1. The van der Waals surface area contributed by atoms with E-state index >= 15 is 0 Å². The van der Waals surface area contributed by atoms with Crippen LogP contribution in [0.5, 0.6) is 0 Å². The van der Waals surface area contributed by atoms with E-state index in [4.69, 9.17) is 0 Å². The minimum atomic E-state index is -0.340. The summed E-state index contributed by atoms with van der Waals surface area (Å²) in [6.45, 7) is 3.84. The van der Waals surface area contributed by atoms with Crippen molar-refractivity contribution in [2.45, 2.75) is 50.7 Å². The molecule has 5 heteroatoms. The van der Waals surface area contributed by atoms with Crippen LogP contribution in [0.4, 0.5) is 0 Å². The fraction of sp³-hybridized carbons (Fsp3) is 0.417. The average Bonchev–Trinajstić information content (AvgIpc) is 3.01. The van der Waals surface area contributed by atoms with E-state index in [0.717, 1.165) is 43.5 Å². The summed E-state index contributed by atoms with van der Waals surface area (Å²) < 4.78 is 0. The smallest absolute Gasteiger partial charge is 0.251 e. The van der Waals surface area contributed by atoms with Crippen LogP contribution >= 0.6 is 0 Å². The van der Waals surface area contributed by atoms with Gasteiger partial charge in [-0.2, -0.15) is 0 Å². The Morgan fingerprint density at radius 3 is 2.52 bits per heavy atom. The Balaban J connectivity index is 1.52. The minimum absolute atomic E-state index is 0.138. The maximum absolute atomic E-state index is 13.3. The zero-order chi connectivity index (χ0) is 20.2. The fourth-order valence-electron chi connectivity index (χ4n) is 4.55. The van der Waals surface area contributed by atoms with Crippen molar-refractivity contribution < 1.29 is 9.59 Å². The lowest BCUT2D eigenvalue weighted by atomic mass is 10.0. The quantitative estimate of drug-likeness (QED) is 0.823. The first kappa shape index (κ1) is 19.6. The van der Waals surface area contributed by atoms with Crippen LogP contribution in [-0.2, 0) is 4.79 Å². The first-order valence-corrected chi connectivity index (χ1v) is 10.6. The number of hydrogen-bond donors (Lipinski definition) is 2. The SMILES string of the molecule is Cc1ccc(C(=O)NC(CC(=O)N2C3CCNCC2CC3)c2ccccc2)cc1. The lowest BCUT2D eigenvalue weighted by Gasteiger charge is -2.30. The van der Waals surface area contributed by atoms with Gasteiger partial charge in [0.2, 0.25) is 5.91 Å². The Morgan fingerprint density at radius 1 is 1.03 bits per heavy atom. The maximum Gasteiger partial charge on any atom is 0.251 e. The first-order valence-electron chi connectivity index (χ1n) is 10.6. The second-order valence-corrected chi connectivity index (χ2v) is 8.19. The van der Waals surface area contributed by atoms with E-state index in [-0.39, 0.29) is 30.3 Å². The topological polar surface area (TPSA) is 61.4 Å². The Hall–Kier alpha value is -2.66. The molecular weight excluding hydrogens is 362 g/mol. The Labute approximate surface area is 172 Å². The van der Waals surface area contributed by atoms with Gasteiger partial charge >= 0.3 is 0 Å². The minimum Gasteiger partial charge on any atom is -0.345 e. The van der Waals surface area contributed by atoms with Crippen LogP contribution in [0.1, 0.15) is 53.2 Å². The highest BCUT2D eigenvalue weighted by Gasteiger charge is 2.38. The van der Waals surface area contributed by atoms with Crippen molar-refractivity contribution in [3.63, 3.8) is 0 Å². The molecule has 0 saturated carbocycles. The van der Waals surface area contributed by atoms with Gasteiger partial charge in [-0.25, -0.2) is 0 Å². The number of carbonyl (C=O) groups excluding carboxylic acids is 2. The fourth-order valence-corrected chi connectivity index (χ4v) is 4.55. The van der Waals surface area contributed by atoms with E-state index < -0.39 is 0 Å². The molecule has 2 aliphatic heterocycles. The van der Waals surface area contributed by atoms with E-state index in [1.54, 1.807) is 0 Å². The summed E-state index contributed by atoms with van der Waals surface area (Å²) >= 11 is 0. The molecule has 3 atom stereocenters. The second-order valence-electron chi connectivity index (χ2n) is 8.19. The van der Waals surface area contributed by atoms with Gasteiger partial charge in [0, 0.05) is 24.2 Å². The van der Waals surface area contributed by atoms with Crippen molar-refractivity contribution in [3.05, 3.63) is 71.3 Å². The van der Waals surface area contributed by atoms with Crippen LogP contribution in [-0.4, -0.2) is 41.9 Å². The third-order valence-electron chi connectivity index (χ3n) is 6.14. The summed E-state index contributed by atoms with van der Waals surface area (Å²) in [5.41, 5.74) is 2.69. The molecule has 0 aromatic heterocycles. The summed E-state index contributed by atoms with van der Waals surface area (Å²) in [6, 6.07) is 17.6. The largest absolute Gasteiger partial charge is 0.345 e. The van der Waals surface area contributed by atoms with Crippen molar-refractivity contribution in [3.8, 4) is 0 Å². The third kappa shape index (κ3) is 4.51. The molecule has 2 heterocycles. The normalized spacial score (nSPS) is 22.0. The van der Waals surface area contributed by atoms with E-state index in [0.29, 0.717) is 11.6 Å². The predicted octanol–water partition coefficient (Wildman–Crippen LogP) is 3.21. The van der Waals surface area contributed by atoms with E-state index in [9.17, 15) is 9.59 Å². The molecule has 4 rings (SSSR count). The summed E-state index contributed by atoms with van der Waals surface area (Å²) in [4.78, 5) is 28.2. The molecular formula is C24H29N3O2. The van der Waals surface area contributed by atoms with E-state index in [1.165, 1.54) is 0 Å². The summed E-state index contributed by atoms with van der Waals surface area (Å²) in [5.74, 6) is -0.00795. The first-order chi connectivity index (χ1) is 14.1. The number of carbonyl (C=O) groups is 2. The van der Waals surface area contributed by atoms with Crippen molar-refractivity contribution in [2.24, 2.45) is 0 Å². The number of benzene rings is 2. The molecule has 2 fully saturated rings. The number of fused-ring (bicyclic) bond motifs is 2. The monoisotopic (exact) mass is 391 g/mol.